The van der Waals surface area contributed by atoms with Crippen LogP contribution >= 0.6 is 22.7 Å². The predicted molar refractivity (Wildman–Crippen MR) is 87.9 cm³/mol. The van der Waals surface area contributed by atoms with Crippen molar-refractivity contribution in [3.05, 3.63) is 27.4 Å². The number of carbonyl (C=O) groups excluding carboxylic acids is 1. The molecule has 0 radical (unpaired) electrons. The number of aromatic nitrogens is 1. The molecule has 1 aliphatic rings. The summed E-state index contributed by atoms with van der Waals surface area (Å²) in [5.74, 6) is 0.341. The van der Waals surface area contributed by atoms with Gasteiger partial charge in [-0.3, -0.25) is 4.79 Å². The summed E-state index contributed by atoms with van der Waals surface area (Å²) in [7, 11) is 0. The molecule has 1 saturated heterocycles. The van der Waals surface area contributed by atoms with Crippen LogP contribution in [-0.4, -0.2) is 30.5 Å². The molecule has 0 spiro atoms. The van der Waals surface area contributed by atoms with Crippen molar-refractivity contribution in [2.24, 2.45) is 5.92 Å². The number of aryl methyl sites for hydroxylation is 1. The number of hydrogen-bond donors (Lipinski definition) is 2. The summed E-state index contributed by atoms with van der Waals surface area (Å²) < 4.78 is 0. The average molecular weight is 321 g/mol. The Morgan fingerprint density at radius 2 is 2.43 bits per heavy atom. The summed E-state index contributed by atoms with van der Waals surface area (Å²) in [6, 6.07) is 4.26. The van der Waals surface area contributed by atoms with Crippen molar-refractivity contribution < 1.29 is 4.79 Å². The molecule has 1 amide bonds. The fourth-order valence-corrected chi connectivity index (χ4v) is 4.11. The van der Waals surface area contributed by atoms with Gasteiger partial charge in [0.1, 0.15) is 0 Å². The largest absolute Gasteiger partial charge is 0.355 e. The predicted octanol–water partition coefficient (Wildman–Crippen LogP) is 2.45. The van der Waals surface area contributed by atoms with Gasteiger partial charge in [-0.2, -0.15) is 0 Å². The van der Waals surface area contributed by atoms with Gasteiger partial charge in [0.05, 0.1) is 21.5 Å². The van der Waals surface area contributed by atoms with Crippen LogP contribution in [0.4, 0.5) is 0 Å². The van der Waals surface area contributed by atoms with Crippen LogP contribution in [0.25, 0.3) is 10.6 Å². The number of nitrogens with zero attached hydrogens (tertiary/aromatic N) is 1. The monoisotopic (exact) mass is 321 g/mol. The Kier molecular flexibility index (Phi) is 4.67. The first kappa shape index (κ1) is 14.7. The molecule has 0 bridgehead atoms. The SMILES string of the molecule is Cc1nc(-c2ccc(CCNC(=O)C3CCNC3)s2)cs1. The molecule has 2 aromatic rings. The molecule has 3 rings (SSSR count). The number of thiophene rings is 1. The molecule has 1 atom stereocenters. The van der Waals surface area contributed by atoms with Crippen molar-refractivity contribution in [1.29, 1.82) is 0 Å². The van der Waals surface area contributed by atoms with Gasteiger partial charge < -0.3 is 10.6 Å². The quantitative estimate of drug-likeness (QED) is 0.889. The summed E-state index contributed by atoms with van der Waals surface area (Å²) in [6.07, 6.45) is 1.85. The maximum atomic E-state index is 11.9. The number of carbonyl (C=O) groups is 1. The number of nitrogens with one attached hydrogen (secondary N) is 2. The fraction of sp³-hybridized carbons (Fsp3) is 0.467. The number of rotatable bonds is 5. The number of thiazole rings is 1. The molecule has 0 saturated carbocycles. The second kappa shape index (κ2) is 6.68. The number of amides is 1. The minimum Gasteiger partial charge on any atom is -0.355 e. The van der Waals surface area contributed by atoms with Crippen molar-refractivity contribution in [1.82, 2.24) is 15.6 Å². The Bertz CT molecular complexity index is 614. The molecule has 2 N–H and O–H groups in total. The third kappa shape index (κ3) is 3.70. The first-order chi connectivity index (χ1) is 10.2. The normalized spacial score (nSPS) is 18.0. The van der Waals surface area contributed by atoms with Crippen LogP contribution < -0.4 is 10.6 Å². The highest BCUT2D eigenvalue weighted by molar-refractivity contribution is 7.16. The highest BCUT2D eigenvalue weighted by Crippen LogP contribution is 2.29. The highest BCUT2D eigenvalue weighted by atomic mass is 32.1. The van der Waals surface area contributed by atoms with Crippen LogP contribution in [0.5, 0.6) is 0 Å². The van der Waals surface area contributed by atoms with E-state index in [2.05, 4.69) is 33.1 Å². The molecule has 6 heteroatoms. The Morgan fingerprint density at radius 3 is 3.14 bits per heavy atom. The average Bonchev–Trinajstić information content (AvgIpc) is 3.19. The van der Waals surface area contributed by atoms with Gasteiger partial charge in [-0.1, -0.05) is 0 Å². The van der Waals surface area contributed by atoms with Crippen molar-refractivity contribution in [2.45, 2.75) is 19.8 Å². The molecule has 1 aliphatic heterocycles. The standard InChI is InChI=1S/C15H19N3OS2/c1-10-18-13(9-20-10)14-3-2-12(21-14)5-7-17-15(19)11-4-6-16-8-11/h2-3,9,11,16H,4-8H2,1H3,(H,17,19). The number of hydrogen-bond acceptors (Lipinski definition) is 5. The van der Waals surface area contributed by atoms with Gasteiger partial charge in [0.25, 0.3) is 0 Å². The van der Waals surface area contributed by atoms with Gasteiger partial charge in [-0.25, -0.2) is 4.98 Å². The van der Waals surface area contributed by atoms with Gasteiger partial charge in [-0.05, 0) is 38.4 Å². The summed E-state index contributed by atoms with van der Waals surface area (Å²) >= 11 is 3.44. The molecule has 21 heavy (non-hydrogen) atoms. The summed E-state index contributed by atoms with van der Waals surface area (Å²) in [6.45, 7) is 4.51. The minimum absolute atomic E-state index is 0.155. The van der Waals surface area contributed by atoms with Gasteiger partial charge in [-0.15, -0.1) is 22.7 Å². The zero-order valence-corrected chi connectivity index (χ0v) is 13.6. The van der Waals surface area contributed by atoms with Crippen molar-refractivity contribution in [3.8, 4) is 10.6 Å². The lowest BCUT2D eigenvalue weighted by atomic mass is 10.1. The zero-order valence-electron chi connectivity index (χ0n) is 12.0. The summed E-state index contributed by atoms with van der Waals surface area (Å²) in [4.78, 5) is 18.9. The molecular formula is C15H19N3OS2. The van der Waals surface area contributed by atoms with E-state index in [9.17, 15) is 4.79 Å². The second-order valence-electron chi connectivity index (χ2n) is 5.25. The van der Waals surface area contributed by atoms with Crippen LogP contribution in [0.3, 0.4) is 0 Å². The summed E-state index contributed by atoms with van der Waals surface area (Å²) in [5, 5.41) is 9.45. The highest BCUT2D eigenvalue weighted by Gasteiger charge is 2.21. The Morgan fingerprint density at radius 1 is 1.52 bits per heavy atom. The molecule has 2 aromatic heterocycles. The Balaban J connectivity index is 1.49. The van der Waals surface area contributed by atoms with E-state index in [0.717, 1.165) is 36.6 Å². The lowest BCUT2D eigenvalue weighted by molar-refractivity contribution is -0.124. The molecular weight excluding hydrogens is 302 g/mol. The molecule has 3 heterocycles. The van der Waals surface area contributed by atoms with E-state index in [1.165, 1.54) is 9.75 Å². The van der Waals surface area contributed by atoms with Gasteiger partial charge in [0.15, 0.2) is 0 Å². The lowest BCUT2D eigenvalue weighted by Gasteiger charge is -2.08. The topological polar surface area (TPSA) is 54.0 Å². The van der Waals surface area contributed by atoms with Crippen LogP contribution in [-0.2, 0) is 11.2 Å². The first-order valence-corrected chi connectivity index (χ1v) is 8.91. The van der Waals surface area contributed by atoms with E-state index in [0.29, 0.717) is 6.54 Å². The minimum atomic E-state index is 0.155. The van der Waals surface area contributed by atoms with E-state index in [1.807, 2.05) is 6.92 Å². The van der Waals surface area contributed by atoms with Crippen LogP contribution in [0, 0.1) is 12.8 Å². The lowest BCUT2D eigenvalue weighted by Crippen LogP contribution is -2.33. The summed E-state index contributed by atoms with van der Waals surface area (Å²) in [5.41, 5.74) is 1.06. The van der Waals surface area contributed by atoms with Gasteiger partial charge in [0, 0.05) is 23.3 Å². The van der Waals surface area contributed by atoms with Crippen LogP contribution in [0.2, 0.25) is 0 Å². The van der Waals surface area contributed by atoms with E-state index in [1.54, 1.807) is 22.7 Å². The van der Waals surface area contributed by atoms with Crippen molar-refractivity contribution >= 4 is 28.6 Å². The smallest absolute Gasteiger partial charge is 0.224 e. The molecule has 1 fully saturated rings. The van der Waals surface area contributed by atoms with Crippen LogP contribution in [0.15, 0.2) is 17.5 Å². The Hall–Kier alpha value is -1.24. The molecule has 0 aromatic carbocycles. The van der Waals surface area contributed by atoms with Crippen molar-refractivity contribution in [3.63, 3.8) is 0 Å². The van der Waals surface area contributed by atoms with E-state index >= 15 is 0 Å². The molecule has 0 aliphatic carbocycles. The van der Waals surface area contributed by atoms with Crippen molar-refractivity contribution in [2.75, 3.05) is 19.6 Å². The molecule has 4 nitrogen and oxygen atoms in total. The second-order valence-corrected chi connectivity index (χ2v) is 7.48. The molecule has 1 unspecified atom stereocenters. The maximum absolute atomic E-state index is 11.9. The Labute approximate surface area is 132 Å². The van der Waals surface area contributed by atoms with E-state index < -0.39 is 0 Å². The third-order valence-electron chi connectivity index (χ3n) is 3.63. The van der Waals surface area contributed by atoms with E-state index in [4.69, 9.17) is 0 Å². The van der Waals surface area contributed by atoms with E-state index in [-0.39, 0.29) is 11.8 Å². The zero-order chi connectivity index (χ0) is 14.7. The third-order valence-corrected chi connectivity index (χ3v) is 5.58. The van der Waals surface area contributed by atoms with Gasteiger partial charge >= 0.3 is 0 Å². The first-order valence-electron chi connectivity index (χ1n) is 7.22. The molecule has 112 valence electrons. The maximum Gasteiger partial charge on any atom is 0.224 e. The van der Waals surface area contributed by atoms with Crippen LogP contribution in [0.1, 0.15) is 16.3 Å². The van der Waals surface area contributed by atoms with Gasteiger partial charge in [0.2, 0.25) is 5.91 Å². The fourth-order valence-electron chi connectivity index (χ4n) is 2.46.